The van der Waals surface area contributed by atoms with Crippen molar-refractivity contribution < 1.29 is 0 Å². The summed E-state index contributed by atoms with van der Waals surface area (Å²) in [5, 5.41) is 0. The Morgan fingerprint density at radius 1 is 1.56 bits per heavy atom. The molecule has 0 aliphatic heterocycles. The molecule has 0 aromatic rings. The average molecular weight is 131 g/mol. The Labute approximate surface area is 57.2 Å². The zero-order chi connectivity index (χ0) is 7.28. The number of nitrogens with one attached hydrogen (secondary N) is 1. The van der Waals surface area contributed by atoms with Crippen LogP contribution >= 0.6 is 0 Å². The summed E-state index contributed by atoms with van der Waals surface area (Å²) in [7, 11) is 4.08. The van der Waals surface area contributed by atoms with Crippen molar-refractivity contribution >= 4 is 0 Å². The molecule has 3 nitrogen and oxygen atoms in total. The van der Waals surface area contributed by atoms with Crippen molar-refractivity contribution in [2.24, 2.45) is 5.84 Å². The monoisotopic (exact) mass is 131 g/mol. The molecule has 9 heavy (non-hydrogen) atoms. The second-order valence-corrected chi connectivity index (χ2v) is 2.53. The van der Waals surface area contributed by atoms with Crippen LogP contribution in [0.15, 0.2) is 0 Å². The Morgan fingerprint density at radius 3 is 2.22 bits per heavy atom. The van der Waals surface area contributed by atoms with Gasteiger partial charge in [0.1, 0.15) is 0 Å². The van der Waals surface area contributed by atoms with Gasteiger partial charge >= 0.3 is 0 Å². The van der Waals surface area contributed by atoms with E-state index in [4.69, 9.17) is 5.84 Å². The topological polar surface area (TPSA) is 41.3 Å². The van der Waals surface area contributed by atoms with Crippen LogP contribution in [0.25, 0.3) is 0 Å². The first-order valence-corrected chi connectivity index (χ1v) is 3.31. The van der Waals surface area contributed by atoms with Crippen LogP contribution in [0.1, 0.15) is 13.3 Å². The third kappa shape index (κ3) is 4.39. The van der Waals surface area contributed by atoms with Gasteiger partial charge in [-0.15, -0.1) is 0 Å². The maximum absolute atomic E-state index is 5.25. The highest BCUT2D eigenvalue weighted by molar-refractivity contribution is 4.62. The molecule has 1 unspecified atom stereocenters. The van der Waals surface area contributed by atoms with Crippen LogP contribution in [0.4, 0.5) is 0 Å². The Kier molecular flexibility index (Phi) is 4.67. The van der Waals surface area contributed by atoms with Crippen molar-refractivity contribution in [1.29, 1.82) is 0 Å². The molecule has 1 atom stereocenters. The number of rotatable bonds is 4. The summed E-state index contributed by atoms with van der Waals surface area (Å²) >= 11 is 0. The van der Waals surface area contributed by atoms with Crippen molar-refractivity contribution in [2.45, 2.75) is 19.4 Å². The Balaban J connectivity index is 3.31. The molecule has 0 amide bonds. The first-order valence-electron chi connectivity index (χ1n) is 3.31. The molecule has 0 aromatic carbocycles. The lowest BCUT2D eigenvalue weighted by atomic mass is 10.2. The predicted molar refractivity (Wildman–Crippen MR) is 40.0 cm³/mol. The third-order valence-corrected chi connectivity index (χ3v) is 1.31. The molecule has 3 N–H and O–H groups in total. The van der Waals surface area contributed by atoms with Crippen molar-refractivity contribution in [3.63, 3.8) is 0 Å². The zero-order valence-corrected chi connectivity index (χ0v) is 6.52. The van der Waals surface area contributed by atoms with E-state index in [1.807, 2.05) is 14.1 Å². The first-order chi connectivity index (χ1) is 4.20. The Bertz CT molecular complexity index is 59.3. The molecule has 0 saturated heterocycles. The molecular formula is C6H17N3. The van der Waals surface area contributed by atoms with E-state index < -0.39 is 0 Å². The fourth-order valence-electron chi connectivity index (χ4n) is 0.740. The maximum atomic E-state index is 5.25. The summed E-state index contributed by atoms with van der Waals surface area (Å²) in [4.78, 5) is 2.12. The average Bonchev–Trinajstić information content (AvgIpc) is 1.82. The van der Waals surface area contributed by atoms with Gasteiger partial charge in [-0.05, 0) is 20.5 Å². The van der Waals surface area contributed by atoms with Gasteiger partial charge in [-0.3, -0.25) is 11.3 Å². The minimum Gasteiger partial charge on any atom is -0.308 e. The summed E-state index contributed by atoms with van der Waals surface area (Å²) in [5.74, 6) is 5.25. The van der Waals surface area contributed by atoms with Crippen LogP contribution in [0, 0.1) is 0 Å². The van der Waals surface area contributed by atoms with Gasteiger partial charge in [0.25, 0.3) is 0 Å². The summed E-state index contributed by atoms with van der Waals surface area (Å²) in [5.41, 5.74) is 2.74. The van der Waals surface area contributed by atoms with Gasteiger partial charge in [-0.2, -0.15) is 0 Å². The van der Waals surface area contributed by atoms with Crippen LogP contribution in [0.5, 0.6) is 0 Å². The van der Waals surface area contributed by atoms with Gasteiger partial charge < -0.3 is 4.90 Å². The van der Waals surface area contributed by atoms with E-state index in [1.165, 1.54) is 0 Å². The molecule has 56 valence electrons. The number of hydrogen-bond donors (Lipinski definition) is 2. The largest absolute Gasteiger partial charge is 0.308 e. The second kappa shape index (κ2) is 4.73. The molecular weight excluding hydrogens is 114 g/mol. The molecule has 0 fully saturated rings. The van der Waals surface area contributed by atoms with Gasteiger partial charge in [-0.1, -0.05) is 6.92 Å². The van der Waals surface area contributed by atoms with E-state index in [1.54, 1.807) is 0 Å². The molecule has 0 bridgehead atoms. The van der Waals surface area contributed by atoms with Crippen molar-refractivity contribution in [2.75, 3.05) is 20.6 Å². The number of hydrazine groups is 1. The van der Waals surface area contributed by atoms with Gasteiger partial charge in [0, 0.05) is 12.6 Å². The van der Waals surface area contributed by atoms with E-state index in [9.17, 15) is 0 Å². The summed E-state index contributed by atoms with van der Waals surface area (Å²) in [6, 6.07) is 0.431. The molecule has 0 rings (SSSR count). The fourth-order valence-corrected chi connectivity index (χ4v) is 0.740. The number of nitrogens with zero attached hydrogens (tertiary/aromatic N) is 1. The summed E-state index contributed by atoms with van der Waals surface area (Å²) in [6.07, 6.45) is 1.08. The lowest BCUT2D eigenvalue weighted by Crippen LogP contribution is -2.41. The van der Waals surface area contributed by atoms with Gasteiger partial charge in [0.2, 0.25) is 0 Å². The molecule has 3 heteroatoms. The van der Waals surface area contributed by atoms with Gasteiger partial charge in [-0.25, -0.2) is 0 Å². The van der Waals surface area contributed by atoms with E-state index >= 15 is 0 Å². The van der Waals surface area contributed by atoms with E-state index in [0.29, 0.717) is 6.04 Å². The van der Waals surface area contributed by atoms with Crippen LogP contribution in [0.3, 0.4) is 0 Å². The minimum atomic E-state index is 0.431. The highest BCUT2D eigenvalue weighted by Gasteiger charge is 2.02. The molecule has 0 saturated carbocycles. The fraction of sp³-hybridized carbons (Fsp3) is 1.00. The lowest BCUT2D eigenvalue weighted by molar-refractivity contribution is 0.334. The van der Waals surface area contributed by atoms with E-state index in [2.05, 4.69) is 17.2 Å². The highest BCUT2D eigenvalue weighted by atomic mass is 15.3. The standard InChI is InChI=1S/C6H17N3/c1-4-6(8-7)5-9(2)3/h6,8H,4-5,7H2,1-3H3. The minimum absolute atomic E-state index is 0.431. The quantitative estimate of drug-likeness (QED) is 0.410. The van der Waals surface area contributed by atoms with Crippen molar-refractivity contribution in [3.8, 4) is 0 Å². The summed E-state index contributed by atoms with van der Waals surface area (Å²) in [6.45, 7) is 3.13. The predicted octanol–water partition coefficient (Wildman–Crippen LogP) is -0.210. The van der Waals surface area contributed by atoms with Crippen LogP contribution in [-0.4, -0.2) is 31.6 Å². The zero-order valence-electron chi connectivity index (χ0n) is 6.52. The molecule has 0 aliphatic rings. The highest BCUT2D eigenvalue weighted by Crippen LogP contribution is 1.89. The first kappa shape index (κ1) is 8.88. The van der Waals surface area contributed by atoms with Crippen molar-refractivity contribution in [3.05, 3.63) is 0 Å². The summed E-state index contributed by atoms with van der Waals surface area (Å²) < 4.78 is 0. The van der Waals surface area contributed by atoms with Crippen LogP contribution in [-0.2, 0) is 0 Å². The molecule has 0 spiro atoms. The van der Waals surface area contributed by atoms with E-state index in [-0.39, 0.29) is 0 Å². The molecule has 0 aromatic heterocycles. The van der Waals surface area contributed by atoms with Gasteiger partial charge in [0.15, 0.2) is 0 Å². The Morgan fingerprint density at radius 2 is 2.11 bits per heavy atom. The molecule has 0 radical (unpaired) electrons. The van der Waals surface area contributed by atoms with Gasteiger partial charge in [0.05, 0.1) is 0 Å². The smallest absolute Gasteiger partial charge is 0.0334 e. The number of likely N-dealkylation sites (N-methyl/N-ethyl adjacent to an activating group) is 1. The molecule has 0 aliphatic carbocycles. The normalized spacial score (nSPS) is 14.3. The van der Waals surface area contributed by atoms with E-state index in [0.717, 1.165) is 13.0 Å². The Hall–Kier alpha value is -0.120. The maximum Gasteiger partial charge on any atom is 0.0334 e. The number of nitrogens with two attached hydrogens (primary N) is 1. The molecule has 0 heterocycles. The second-order valence-electron chi connectivity index (χ2n) is 2.53. The third-order valence-electron chi connectivity index (χ3n) is 1.31. The van der Waals surface area contributed by atoms with Crippen LogP contribution < -0.4 is 11.3 Å². The van der Waals surface area contributed by atoms with Crippen molar-refractivity contribution in [1.82, 2.24) is 10.3 Å². The lowest BCUT2D eigenvalue weighted by Gasteiger charge is -2.17. The number of hydrogen-bond acceptors (Lipinski definition) is 3. The van der Waals surface area contributed by atoms with Crippen LogP contribution in [0.2, 0.25) is 0 Å². The SMILES string of the molecule is CCC(CN(C)C)NN.